The minimum Gasteiger partial charge on any atom is -0.493 e. The Labute approximate surface area is 209 Å². The fourth-order valence-corrected chi connectivity index (χ4v) is 5.27. The average Bonchev–Trinajstić information content (AvgIpc) is 3.17. The van der Waals surface area contributed by atoms with Crippen LogP contribution in [0.1, 0.15) is 45.6 Å². The zero-order valence-electron chi connectivity index (χ0n) is 21.7. The molecule has 1 amide bonds. The average molecular weight is 490 g/mol. The molecule has 2 aromatic heterocycles. The third-order valence-corrected chi connectivity index (χ3v) is 7.60. The highest BCUT2D eigenvalue weighted by Gasteiger charge is 2.24. The van der Waals surface area contributed by atoms with Crippen molar-refractivity contribution < 1.29 is 23.1 Å². The van der Waals surface area contributed by atoms with Gasteiger partial charge < -0.3 is 23.2 Å². The van der Waals surface area contributed by atoms with Gasteiger partial charge in [0.15, 0.2) is 11.5 Å². The summed E-state index contributed by atoms with van der Waals surface area (Å²) in [5.74, 6) is 2.22. The topological polar surface area (TPSA) is 82.1 Å². The van der Waals surface area contributed by atoms with Crippen LogP contribution in [0, 0.1) is 27.7 Å². The normalized spacial score (nSPS) is 13.3. The molecular formula is C29H31NO6. The summed E-state index contributed by atoms with van der Waals surface area (Å²) in [7, 11) is 3.23. The molecule has 4 aromatic rings. The van der Waals surface area contributed by atoms with Crippen LogP contribution in [0.25, 0.3) is 21.9 Å². The second kappa shape index (κ2) is 9.04. The van der Waals surface area contributed by atoms with Crippen LogP contribution in [-0.4, -0.2) is 31.6 Å². The molecule has 0 unspecified atom stereocenters. The van der Waals surface area contributed by atoms with E-state index in [9.17, 15) is 9.59 Å². The van der Waals surface area contributed by atoms with E-state index in [1.807, 2.05) is 50.8 Å². The molecular weight excluding hydrogens is 458 g/mol. The van der Waals surface area contributed by atoms with Crippen LogP contribution in [0.2, 0.25) is 0 Å². The molecule has 7 heteroatoms. The van der Waals surface area contributed by atoms with Crippen molar-refractivity contribution in [2.45, 2.75) is 53.5 Å². The fraction of sp³-hybridized carbons (Fsp3) is 0.379. The lowest BCUT2D eigenvalue weighted by Gasteiger charge is -2.29. The predicted molar refractivity (Wildman–Crippen MR) is 138 cm³/mol. The van der Waals surface area contributed by atoms with E-state index < -0.39 is 5.63 Å². The van der Waals surface area contributed by atoms with Gasteiger partial charge in [0.05, 0.1) is 14.2 Å². The molecule has 1 aliphatic rings. The second-order valence-corrected chi connectivity index (χ2v) is 9.57. The van der Waals surface area contributed by atoms with Gasteiger partial charge in [-0.3, -0.25) is 4.79 Å². The first-order chi connectivity index (χ1) is 17.2. The first-order valence-electron chi connectivity index (χ1n) is 12.2. The van der Waals surface area contributed by atoms with Crippen LogP contribution < -0.4 is 15.1 Å². The number of nitrogens with zero attached hydrogens (tertiary/aromatic N) is 1. The van der Waals surface area contributed by atoms with Crippen molar-refractivity contribution in [1.29, 1.82) is 0 Å². The third-order valence-electron chi connectivity index (χ3n) is 7.60. The molecule has 7 nitrogen and oxygen atoms in total. The van der Waals surface area contributed by atoms with E-state index in [1.54, 1.807) is 14.2 Å². The maximum absolute atomic E-state index is 13.1. The number of hydrogen-bond acceptors (Lipinski definition) is 6. The Bertz CT molecular complexity index is 1580. The summed E-state index contributed by atoms with van der Waals surface area (Å²) in [5.41, 5.74) is 6.43. The molecule has 2 aromatic carbocycles. The van der Waals surface area contributed by atoms with Crippen molar-refractivity contribution in [3.05, 3.63) is 67.8 Å². The first kappa shape index (κ1) is 24.0. The molecule has 0 spiro atoms. The number of amides is 1. The van der Waals surface area contributed by atoms with Crippen molar-refractivity contribution in [3.63, 3.8) is 0 Å². The van der Waals surface area contributed by atoms with E-state index in [-0.39, 0.29) is 12.3 Å². The van der Waals surface area contributed by atoms with Crippen molar-refractivity contribution in [1.82, 2.24) is 4.90 Å². The number of benzene rings is 2. The lowest BCUT2D eigenvalue weighted by Crippen LogP contribution is -2.36. The number of aryl methyl sites for hydroxylation is 4. The van der Waals surface area contributed by atoms with E-state index in [0.29, 0.717) is 42.2 Å². The number of fused-ring (bicyclic) bond motifs is 3. The Balaban J connectivity index is 1.40. The fourth-order valence-electron chi connectivity index (χ4n) is 5.27. The monoisotopic (exact) mass is 489 g/mol. The van der Waals surface area contributed by atoms with Gasteiger partial charge in [-0.15, -0.1) is 0 Å². The maximum atomic E-state index is 13.1. The molecule has 0 saturated heterocycles. The summed E-state index contributed by atoms with van der Waals surface area (Å²) in [6, 6.07) is 5.97. The van der Waals surface area contributed by atoms with Gasteiger partial charge in [0.1, 0.15) is 16.9 Å². The van der Waals surface area contributed by atoms with Gasteiger partial charge in [0.25, 0.3) is 0 Å². The lowest BCUT2D eigenvalue weighted by atomic mass is 9.97. The summed E-state index contributed by atoms with van der Waals surface area (Å²) >= 11 is 0. The predicted octanol–water partition coefficient (Wildman–Crippen LogP) is 5.31. The maximum Gasteiger partial charge on any atom is 0.339 e. The molecule has 1 aliphatic heterocycles. The Morgan fingerprint density at radius 1 is 0.889 bits per heavy atom. The van der Waals surface area contributed by atoms with E-state index in [2.05, 4.69) is 0 Å². The van der Waals surface area contributed by atoms with Crippen molar-refractivity contribution in [3.8, 4) is 11.5 Å². The molecule has 0 radical (unpaired) electrons. The molecule has 188 valence electrons. The Morgan fingerprint density at radius 3 is 2.22 bits per heavy atom. The minimum atomic E-state index is -0.393. The zero-order valence-corrected chi connectivity index (χ0v) is 21.7. The SMILES string of the molecule is COc1cc2c(cc1OC)CN(C(=O)CCc1c(C)c3cc4c(C)c(C)oc4c(C)c3oc1=O)CC2. The summed E-state index contributed by atoms with van der Waals surface area (Å²) in [4.78, 5) is 27.9. The number of carbonyl (C=O) groups excluding carboxylic acids is 1. The van der Waals surface area contributed by atoms with Gasteiger partial charge >= 0.3 is 5.63 Å². The molecule has 0 aliphatic carbocycles. The quantitative estimate of drug-likeness (QED) is 0.354. The minimum absolute atomic E-state index is 0.0160. The summed E-state index contributed by atoms with van der Waals surface area (Å²) in [6.07, 6.45) is 1.32. The van der Waals surface area contributed by atoms with Crippen LogP contribution in [-0.2, 0) is 24.2 Å². The van der Waals surface area contributed by atoms with E-state index in [1.165, 1.54) is 0 Å². The smallest absolute Gasteiger partial charge is 0.339 e. The lowest BCUT2D eigenvalue weighted by molar-refractivity contribution is -0.132. The summed E-state index contributed by atoms with van der Waals surface area (Å²) < 4.78 is 22.5. The van der Waals surface area contributed by atoms with Gasteiger partial charge in [-0.1, -0.05) is 0 Å². The first-order valence-corrected chi connectivity index (χ1v) is 12.2. The Hall–Kier alpha value is -3.74. The van der Waals surface area contributed by atoms with Crippen LogP contribution in [0.3, 0.4) is 0 Å². The molecule has 36 heavy (non-hydrogen) atoms. The number of ether oxygens (including phenoxy) is 2. The molecule has 5 rings (SSSR count). The van der Waals surface area contributed by atoms with E-state index >= 15 is 0 Å². The number of rotatable bonds is 5. The summed E-state index contributed by atoms with van der Waals surface area (Å²) in [6.45, 7) is 8.95. The van der Waals surface area contributed by atoms with Gasteiger partial charge in [-0.05, 0) is 81.0 Å². The van der Waals surface area contributed by atoms with Gasteiger partial charge in [0, 0.05) is 41.4 Å². The third kappa shape index (κ3) is 3.83. The number of carbonyl (C=O) groups is 1. The van der Waals surface area contributed by atoms with Crippen LogP contribution >= 0.6 is 0 Å². The second-order valence-electron chi connectivity index (χ2n) is 9.57. The molecule has 0 fully saturated rings. The van der Waals surface area contributed by atoms with E-state index in [0.717, 1.165) is 56.4 Å². The van der Waals surface area contributed by atoms with Crippen molar-refractivity contribution >= 4 is 27.8 Å². The van der Waals surface area contributed by atoms with Gasteiger partial charge in [-0.2, -0.15) is 0 Å². The molecule has 0 N–H and O–H groups in total. The van der Waals surface area contributed by atoms with Crippen molar-refractivity contribution in [2.24, 2.45) is 0 Å². The van der Waals surface area contributed by atoms with E-state index in [4.69, 9.17) is 18.3 Å². The van der Waals surface area contributed by atoms with Crippen LogP contribution in [0.4, 0.5) is 0 Å². The highest BCUT2D eigenvalue weighted by Crippen LogP contribution is 2.35. The Morgan fingerprint density at radius 2 is 1.53 bits per heavy atom. The largest absolute Gasteiger partial charge is 0.493 e. The highest BCUT2D eigenvalue weighted by molar-refractivity contribution is 6.00. The standard InChI is InChI=1S/C29H31NO6/c1-15-18(4)35-27-17(3)28-23(13-22(15)27)16(2)21(29(32)36-28)7-8-26(31)30-10-9-19-11-24(33-5)25(34-6)12-20(19)14-30/h11-13H,7-10,14H2,1-6H3. The number of hydrogen-bond donors (Lipinski definition) is 0. The van der Waals surface area contributed by atoms with Gasteiger partial charge in [-0.25, -0.2) is 4.79 Å². The number of furan rings is 1. The van der Waals surface area contributed by atoms with Gasteiger partial charge in [0.2, 0.25) is 5.91 Å². The molecule has 0 saturated carbocycles. The van der Waals surface area contributed by atoms with Crippen molar-refractivity contribution in [2.75, 3.05) is 20.8 Å². The Kier molecular flexibility index (Phi) is 6.02. The molecule has 0 atom stereocenters. The zero-order chi connectivity index (χ0) is 25.7. The molecule has 0 bridgehead atoms. The molecule has 3 heterocycles. The highest BCUT2D eigenvalue weighted by atomic mass is 16.5. The van der Waals surface area contributed by atoms with Crippen LogP contribution in [0.15, 0.2) is 31.8 Å². The summed E-state index contributed by atoms with van der Waals surface area (Å²) in [5, 5.41) is 1.91. The van der Waals surface area contributed by atoms with Crippen LogP contribution in [0.5, 0.6) is 11.5 Å². The number of methoxy groups -OCH3 is 2.